The average molecular weight is 368 g/mol. The summed E-state index contributed by atoms with van der Waals surface area (Å²) in [6, 6.07) is 2.84. The summed E-state index contributed by atoms with van der Waals surface area (Å²) in [5.74, 6) is 5.76. The fourth-order valence-corrected chi connectivity index (χ4v) is 4.41. The summed E-state index contributed by atoms with van der Waals surface area (Å²) in [5.41, 5.74) is 0.449. The monoisotopic (exact) mass is 367 g/mol. The molecule has 116 valence electrons. The number of rotatable bonds is 5. The summed E-state index contributed by atoms with van der Waals surface area (Å²) < 4.78 is 26.2. The fraction of sp³-hybridized carbons (Fsp3) is 0.385. The van der Waals surface area contributed by atoms with Crippen molar-refractivity contribution in [2.75, 3.05) is 32.2 Å². The summed E-state index contributed by atoms with van der Waals surface area (Å²) in [6.45, 7) is 0.0644. The highest BCUT2D eigenvalue weighted by molar-refractivity contribution is 7.98. The molecule has 1 rings (SSSR count). The van der Waals surface area contributed by atoms with Crippen molar-refractivity contribution in [3.8, 4) is 11.8 Å². The third-order valence-electron chi connectivity index (χ3n) is 2.59. The van der Waals surface area contributed by atoms with E-state index in [-0.39, 0.29) is 21.5 Å². The van der Waals surface area contributed by atoms with Crippen molar-refractivity contribution in [3.63, 3.8) is 0 Å². The van der Waals surface area contributed by atoms with Crippen LogP contribution in [-0.2, 0) is 10.0 Å². The number of hydrogen-bond acceptors (Lipinski definition) is 4. The van der Waals surface area contributed by atoms with Crippen LogP contribution < -0.4 is 0 Å². The Morgan fingerprint density at radius 3 is 2.38 bits per heavy atom. The van der Waals surface area contributed by atoms with Crippen molar-refractivity contribution in [2.24, 2.45) is 0 Å². The molecule has 0 heterocycles. The predicted molar refractivity (Wildman–Crippen MR) is 88.6 cm³/mol. The topological polar surface area (TPSA) is 57.6 Å². The quantitative estimate of drug-likeness (QED) is 0.811. The van der Waals surface area contributed by atoms with Gasteiger partial charge in [-0.1, -0.05) is 35.0 Å². The number of sulfonamides is 1. The number of aliphatic hydroxyl groups is 1. The zero-order valence-corrected chi connectivity index (χ0v) is 14.7. The molecule has 4 nitrogen and oxygen atoms in total. The third-order valence-corrected chi connectivity index (χ3v) is 5.96. The van der Waals surface area contributed by atoms with E-state index in [1.807, 2.05) is 6.26 Å². The molecule has 1 aromatic carbocycles. The van der Waals surface area contributed by atoms with Crippen molar-refractivity contribution in [2.45, 2.75) is 4.90 Å². The van der Waals surface area contributed by atoms with Crippen molar-refractivity contribution < 1.29 is 13.5 Å². The Balaban J connectivity index is 3.24. The maximum absolute atomic E-state index is 12.5. The zero-order valence-electron chi connectivity index (χ0n) is 11.6. The molecule has 8 heteroatoms. The van der Waals surface area contributed by atoms with Crippen molar-refractivity contribution in [3.05, 3.63) is 27.7 Å². The molecule has 0 spiro atoms. The largest absolute Gasteiger partial charge is 0.384 e. The fourth-order valence-electron chi connectivity index (χ4n) is 1.52. The molecule has 0 saturated heterocycles. The molecule has 0 aromatic heterocycles. The van der Waals surface area contributed by atoms with Gasteiger partial charge in [-0.05, 0) is 18.4 Å². The number of halogens is 2. The minimum absolute atomic E-state index is 0.0146. The number of hydrogen-bond donors (Lipinski definition) is 1. The van der Waals surface area contributed by atoms with Crippen LogP contribution in [0.3, 0.4) is 0 Å². The second-order valence-electron chi connectivity index (χ2n) is 4.05. The van der Waals surface area contributed by atoms with Crippen LogP contribution in [0.1, 0.15) is 5.56 Å². The molecular formula is C13H15Cl2NO3S2. The molecule has 1 N–H and O–H groups in total. The van der Waals surface area contributed by atoms with Crippen LogP contribution in [0.4, 0.5) is 0 Å². The van der Waals surface area contributed by atoms with Crippen LogP contribution in [0, 0.1) is 11.8 Å². The molecule has 0 aliphatic carbocycles. The lowest BCUT2D eigenvalue weighted by Gasteiger charge is -2.18. The van der Waals surface area contributed by atoms with Gasteiger partial charge in [0.05, 0.1) is 10.0 Å². The Labute approximate surface area is 139 Å². The molecule has 0 saturated carbocycles. The Kier molecular flexibility index (Phi) is 7.34. The predicted octanol–water partition coefficient (Wildman–Crippen LogP) is 2.32. The van der Waals surface area contributed by atoms with E-state index >= 15 is 0 Å². The van der Waals surface area contributed by atoms with E-state index in [2.05, 4.69) is 11.8 Å². The third kappa shape index (κ3) is 4.78. The van der Waals surface area contributed by atoms with Gasteiger partial charge < -0.3 is 5.11 Å². The van der Waals surface area contributed by atoms with E-state index in [9.17, 15) is 8.42 Å². The summed E-state index contributed by atoms with van der Waals surface area (Å²) >= 11 is 13.6. The van der Waals surface area contributed by atoms with Crippen LogP contribution in [-0.4, -0.2) is 50.0 Å². The molecule has 0 aliphatic heterocycles. The van der Waals surface area contributed by atoms with Gasteiger partial charge in [0.2, 0.25) is 10.0 Å². The highest BCUT2D eigenvalue weighted by Gasteiger charge is 2.26. The molecule has 1 aromatic rings. The summed E-state index contributed by atoms with van der Waals surface area (Å²) in [6.07, 6.45) is 1.90. The highest BCUT2D eigenvalue weighted by atomic mass is 35.5. The van der Waals surface area contributed by atoms with Gasteiger partial charge in [-0.2, -0.15) is 11.8 Å². The molecular weight excluding hydrogens is 353 g/mol. The van der Waals surface area contributed by atoms with Gasteiger partial charge in [-0.25, -0.2) is 12.7 Å². The maximum Gasteiger partial charge on any atom is 0.245 e. The first-order valence-electron chi connectivity index (χ1n) is 5.88. The minimum Gasteiger partial charge on any atom is -0.384 e. The van der Waals surface area contributed by atoms with Gasteiger partial charge in [-0.15, -0.1) is 0 Å². The van der Waals surface area contributed by atoms with Crippen LogP contribution in [0.15, 0.2) is 17.0 Å². The number of thioether (sulfide) groups is 1. The van der Waals surface area contributed by atoms with E-state index in [1.165, 1.54) is 23.5 Å². The molecule has 0 unspecified atom stereocenters. The Hall–Kier alpha value is -0.420. The Bertz CT molecular complexity index is 643. The zero-order chi connectivity index (χ0) is 16.0. The van der Waals surface area contributed by atoms with Gasteiger partial charge in [0.25, 0.3) is 0 Å². The summed E-state index contributed by atoms with van der Waals surface area (Å²) in [5, 5.41) is 8.69. The van der Waals surface area contributed by atoms with Crippen molar-refractivity contribution in [1.29, 1.82) is 0 Å². The lowest BCUT2D eigenvalue weighted by atomic mass is 10.2. The molecule has 0 aliphatic rings. The molecule has 0 fully saturated rings. The van der Waals surface area contributed by atoms with Gasteiger partial charge in [-0.3, -0.25) is 0 Å². The minimum atomic E-state index is -3.75. The van der Waals surface area contributed by atoms with Crippen LogP contribution in [0.2, 0.25) is 10.0 Å². The molecule has 0 radical (unpaired) electrons. The van der Waals surface area contributed by atoms with E-state index in [0.29, 0.717) is 17.9 Å². The van der Waals surface area contributed by atoms with Crippen LogP contribution >= 0.6 is 35.0 Å². The number of benzene rings is 1. The molecule has 0 atom stereocenters. The summed E-state index contributed by atoms with van der Waals surface area (Å²) in [7, 11) is -2.27. The molecule has 21 heavy (non-hydrogen) atoms. The van der Waals surface area contributed by atoms with E-state index < -0.39 is 10.0 Å². The van der Waals surface area contributed by atoms with E-state index in [1.54, 1.807) is 11.8 Å². The lowest BCUT2D eigenvalue weighted by Crippen LogP contribution is -2.29. The maximum atomic E-state index is 12.5. The number of nitrogens with zero attached hydrogens (tertiary/aromatic N) is 1. The van der Waals surface area contributed by atoms with Crippen molar-refractivity contribution in [1.82, 2.24) is 4.31 Å². The SMILES string of the molecule is CSCCN(C)S(=O)(=O)c1c(Cl)cc(C#CCO)cc1Cl. The first kappa shape index (κ1) is 18.6. The summed E-state index contributed by atoms with van der Waals surface area (Å²) in [4.78, 5) is -0.121. The van der Waals surface area contributed by atoms with Gasteiger partial charge in [0.1, 0.15) is 11.5 Å². The second-order valence-corrected chi connectivity index (χ2v) is 7.83. The first-order chi connectivity index (χ1) is 9.84. The van der Waals surface area contributed by atoms with Crippen molar-refractivity contribution >= 4 is 45.0 Å². The first-order valence-corrected chi connectivity index (χ1v) is 9.47. The highest BCUT2D eigenvalue weighted by Crippen LogP contribution is 2.32. The Morgan fingerprint density at radius 2 is 1.90 bits per heavy atom. The van der Waals surface area contributed by atoms with Crippen LogP contribution in [0.5, 0.6) is 0 Å². The van der Waals surface area contributed by atoms with Crippen LogP contribution in [0.25, 0.3) is 0 Å². The van der Waals surface area contributed by atoms with E-state index in [0.717, 1.165) is 0 Å². The van der Waals surface area contributed by atoms with Gasteiger partial charge in [0, 0.05) is 24.9 Å². The van der Waals surface area contributed by atoms with Gasteiger partial charge in [0.15, 0.2) is 0 Å². The smallest absolute Gasteiger partial charge is 0.245 e. The van der Waals surface area contributed by atoms with E-state index in [4.69, 9.17) is 28.3 Å². The standard InChI is InChI=1S/C13H15Cl2NO3S2/c1-16(5-7-20-2)21(18,19)13-11(14)8-10(4-3-6-17)9-12(13)15/h8-9,17H,5-7H2,1-2H3. The lowest BCUT2D eigenvalue weighted by molar-refractivity contribution is 0.350. The molecule has 0 bridgehead atoms. The normalized spacial score (nSPS) is 11.3. The van der Waals surface area contributed by atoms with Gasteiger partial charge >= 0.3 is 0 Å². The average Bonchev–Trinajstić information content (AvgIpc) is 2.41. The molecule has 0 amide bonds. The Morgan fingerprint density at radius 1 is 1.33 bits per heavy atom. The number of aliphatic hydroxyl groups excluding tert-OH is 1. The second kappa shape index (κ2) is 8.28.